The monoisotopic (exact) mass is 535 g/mol. The third-order valence-corrected chi connectivity index (χ3v) is 5.15. The second-order valence-electron chi connectivity index (χ2n) is 9.59. The van der Waals surface area contributed by atoms with Crippen molar-refractivity contribution in [1.82, 2.24) is 20.4 Å². The summed E-state index contributed by atoms with van der Waals surface area (Å²) in [6, 6.07) is 17.6. The van der Waals surface area contributed by atoms with Crippen LogP contribution in [0.3, 0.4) is 0 Å². The van der Waals surface area contributed by atoms with Crippen molar-refractivity contribution < 1.29 is 23.9 Å². The van der Waals surface area contributed by atoms with Crippen molar-refractivity contribution in [3.8, 4) is 11.3 Å². The van der Waals surface area contributed by atoms with E-state index in [0.29, 0.717) is 11.4 Å². The number of aromatic nitrogens is 2. The van der Waals surface area contributed by atoms with Crippen molar-refractivity contribution in [2.75, 3.05) is 18.5 Å². The third-order valence-electron chi connectivity index (χ3n) is 5.15. The zero-order chi connectivity index (χ0) is 28.4. The van der Waals surface area contributed by atoms with Crippen LogP contribution in [0.5, 0.6) is 0 Å². The van der Waals surface area contributed by atoms with Gasteiger partial charge in [-0.3, -0.25) is 14.9 Å². The van der Waals surface area contributed by atoms with Crippen LogP contribution in [0.2, 0.25) is 0 Å². The van der Waals surface area contributed by atoms with E-state index in [0.717, 1.165) is 16.7 Å². The molecule has 0 unspecified atom stereocenters. The van der Waals surface area contributed by atoms with Crippen molar-refractivity contribution >= 4 is 23.8 Å². The van der Waals surface area contributed by atoms with Crippen LogP contribution >= 0.6 is 0 Å². The molecule has 1 aromatic heterocycles. The van der Waals surface area contributed by atoms with E-state index < -0.39 is 17.8 Å². The molecule has 11 nitrogen and oxygen atoms in total. The first kappa shape index (κ1) is 28.9. The molecule has 1 heterocycles. The van der Waals surface area contributed by atoms with Crippen molar-refractivity contribution in [2.24, 2.45) is 0 Å². The first-order valence-corrected chi connectivity index (χ1v) is 12.5. The van der Waals surface area contributed by atoms with E-state index in [2.05, 4.69) is 21.0 Å². The Kier molecular flexibility index (Phi) is 9.80. The van der Waals surface area contributed by atoms with Crippen LogP contribution < -0.4 is 21.5 Å². The van der Waals surface area contributed by atoms with E-state index in [1.807, 2.05) is 30.3 Å². The number of carbonyl (C=O) groups is 3. The molecule has 3 amide bonds. The topological polar surface area (TPSA) is 141 Å². The van der Waals surface area contributed by atoms with Gasteiger partial charge in [0.05, 0.1) is 18.8 Å². The molecule has 0 atom stereocenters. The van der Waals surface area contributed by atoms with Gasteiger partial charge in [0.1, 0.15) is 12.1 Å². The van der Waals surface area contributed by atoms with Gasteiger partial charge in [0, 0.05) is 23.9 Å². The summed E-state index contributed by atoms with van der Waals surface area (Å²) in [5, 5.41) is 12.3. The lowest BCUT2D eigenvalue weighted by Crippen LogP contribution is -2.39. The third kappa shape index (κ3) is 9.62. The van der Waals surface area contributed by atoms with Crippen molar-refractivity contribution in [1.29, 1.82) is 0 Å². The maximum Gasteiger partial charge on any atom is 0.411 e. The summed E-state index contributed by atoms with van der Waals surface area (Å²) in [5.74, 6) is -0.363. The molecule has 39 heavy (non-hydrogen) atoms. The van der Waals surface area contributed by atoms with Gasteiger partial charge >= 0.3 is 12.2 Å². The van der Waals surface area contributed by atoms with E-state index in [-0.39, 0.29) is 37.7 Å². The maximum atomic E-state index is 12.5. The van der Waals surface area contributed by atoms with Gasteiger partial charge in [-0.2, -0.15) is 5.10 Å². The molecule has 0 aliphatic rings. The number of hydrogen-bond acceptors (Lipinski definition) is 7. The van der Waals surface area contributed by atoms with E-state index >= 15 is 0 Å². The highest BCUT2D eigenvalue weighted by Gasteiger charge is 2.16. The predicted octanol–water partition coefficient (Wildman–Crippen LogP) is 3.67. The smallest absolute Gasteiger partial charge is 0.411 e. The molecule has 2 aromatic carbocycles. The number of anilines is 1. The van der Waals surface area contributed by atoms with Crippen LogP contribution in [-0.4, -0.2) is 46.6 Å². The van der Waals surface area contributed by atoms with Crippen LogP contribution in [0.25, 0.3) is 11.3 Å². The fourth-order valence-electron chi connectivity index (χ4n) is 3.49. The number of benzene rings is 2. The Balaban J connectivity index is 1.64. The summed E-state index contributed by atoms with van der Waals surface area (Å²) in [7, 11) is 0. The normalized spacial score (nSPS) is 10.9. The number of amides is 3. The van der Waals surface area contributed by atoms with Gasteiger partial charge in [-0.15, -0.1) is 0 Å². The molecule has 206 valence electrons. The quantitative estimate of drug-likeness (QED) is 0.380. The van der Waals surface area contributed by atoms with E-state index in [1.165, 1.54) is 10.7 Å². The van der Waals surface area contributed by atoms with Crippen LogP contribution in [0.4, 0.5) is 15.3 Å². The minimum Gasteiger partial charge on any atom is -0.450 e. The second kappa shape index (κ2) is 13.2. The predicted molar refractivity (Wildman–Crippen MR) is 146 cm³/mol. The van der Waals surface area contributed by atoms with Gasteiger partial charge in [0.15, 0.2) is 0 Å². The lowest BCUT2D eigenvalue weighted by atomic mass is 10.1. The molecular formula is C28H33N5O6. The minimum atomic E-state index is -0.664. The summed E-state index contributed by atoms with van der Waals surface area (Å²) in [4.78, 5) is 48.1. The Hall–Kier alpha value is -4.67. The summed E-state index contributed by atoms with van der Waals surface area (Å²) < 4.78 is 11.4. The highest BCUT2D eigenvalue weighted by Crippen LogP contribution is 2.18. The number of alkyl carbamates (subject to hydrolysis) is 1. The Morgan fingerprint density at radius 2 is 1.67 bits per heavy atom. The first-order valence-electron chi connectivity index (χ1n) is 12.5. The summed E-state index contributed by atoms with van der Waals surface area (Å²) in [6.45, 7) is 7.43. The van der Waals surface area contributed by atoms with E-state index in [4.69, 9.17) is 9.47 Å². The van der Waals surface area contributed by atoms with Gasteiger partial charge in [-0.1, -0.05) is 30.3 Å². The van der Waals surface area contributed by atoms with E-state index in [9.17, 15) is 19.2 Å². The number of nitrogens with zero attached hydrogens (tertiary/aromatic N) is 2. The van der Waals surface area contributed by atoms with Gasteiger partial charge in [0.2, 0.25) is 5.91 Å². The highest BCUT2D eigenvalue weighted by atomic mass is 16.6. The molecule has 0 spiro atoms. The standard InChI is InChI=1S/C28H33N5O6/c1-5-38-27(37)31-22-11-7-9-20(15-22)18-33-25(35)13-12-23(32-33)21-10-6-8-19(14-21)16-29-24(34)17-30-26(36)39-28(2,3)4/h6-15H,5,16-18H2,1-4H3,(H,29,34)(H,30,36)(H,31,37). The largest absolute Gasteiger partial charge is 0.450 e. The summed E-state index contributed by atoms with van der Waals surface area (Å²) in [6.07, 6.45) is -1.22. The van der Waals surface area contributed by atoms with Gasteiger partial charge in [0.25, 0.3) is 5.56 Å². The first-order chi connectivity index (χ1) is 18.5. The van der Waals surface area contributed by atoms with Crippen LogP contribution in [-0.2, 0) is 27.4 Å². The molecule has 3 aromatic rings. The summed E-state index contributed by atoms with van der Waals surface area (Å²) in [5.41, 5.74) is 2.55. The van der Waals surface area contributed by atoms with E-state index in [1.54, 1.807) is 52.0 Å². The highest BCUT2D eigenvalue weighted by molar-refractivity contribution is 5.84. The molecule has 0 aliphatic heterocycles. The minimum absolute atomic E-state index is 0.200. The number of hydrogen-bond donors (Lipinski definition) is 3. The average molecular weight is 536 g/mol. The molecule has 3 N–H and O–H groups in total. The molecule has 3 rings (SSSR count). The number of ether oxygens (including phenoxy) is 2. The molecule has 0 saturated heterocycles. The Morgan fingerprint density at radius 1 is 0.923 bits per heavy atom. The molecule has 11 heteroatoms. The van der Waals surface area contributed by atoms with Crippen molar-refractivity contribution in [2.45, 2.75) is 46.4 Å². The van der Waals surface area contributed by atoms with Crippen LogP contribution in [0, 0.1) is 0 Å². The summed E-state index contributed by atoms with van der Waals surface area (Å²) >= 11 is 0. The molecule has 0 saturated carbocycles. The van der Waals surface area contributed by atoms with Gasteiger partial charge < -0.3 is 20.1 Å². The van der Waals surface area contributed by atoms with Crippen LogP contribution in [0.15, 0.2) is 65.5 Å². The number of nitrogens with one attached hydrogen (secondary N) is 3. The van der Waals surface area contributed by atoms with Gasteiger partial charge in [-0.25, -0.2) is 14.3 Å². The Labute approximate surface area is 226 Å². The average Bonchev–Trinajstić information content (AvgIpc) is 2.87. The van der Waals surface area contributed by atoms with Crippen LogP contribution in [0.1, 0.15) is 38.8 Å². The zero-order valence-corrected chi connectivity index (χ0v) is 22.4. The fourth-order valence-corrected chi connectivity index (χ4v) is 3.49. The zero-order valence-electron chi connectivity index (χ0n) is 22.4. The maximum absolute atomic E-state index is 12.5. The fraction of sp³-hybridized carbons (Fsp3) is 0.321. The molecule has 0 radical (unpaired) electrons. The van der Waals surface area contributed by atoms with Crippen molar-refractivity contribution in [3.05, 3.63) is 82.1 Å². The lowest BCUT2D eigenvalue weighted by Gasteiger charge is -2.19. The van der Waals surface area contributed by atoms with Crippen molar-refractivity contribution in [3.63, 3.8) is 0 Å². The van der Waals surface area contributed by atoms with Gasteiger partial charge in [-0.05, 0) is 63.1 Å². The molecule has 0 fully saturated rings. The Morgan fingerprint density at radius 3 is 2.41 bits per heavy atom. The SMILES string of the molecule is CCOC(=O)Nc1cccc(Cn2nc(-c3cccc(CNC(=O)CNC(=O)OC(C)(C)C)c3)ccc2=O)c1. The molecule has 0 bridgehead atoms. The molecule has 0 aliphatic carbocycles. The number of carbonyl (C=O) groups excluding carboxylic acids is 3. The second-order valence-corrected chi connectivity index (χ2v) is 9.59. The molecular weight excluding hydrogens is 502 g/mol. The lowest BCUT2D eigenvalue weighted by molar-refractivity contribution is -0.120. The number of rotatable bonds is 9. The Bertz CT molecular complexity index is 1380.